The van der Waals surface area contributed by atoms with Crippen LogP contribution in [-0.2, 0) is 19.5 Å². The maximum Gasteiger partial charge on any atom is 0.192 e. The fourth-order valence-electron chi connectivity index (χ4n) is 3.31. The van der Waals surface area contributed by atoms with Crippen LogP contribution in [0.25, 0.3) is 0 Å². The first-order chi connectivity index (χ1) is 12.2. The number of nitrogens with one attached hydrogen (secondary N) is 2. The normalized spacial score (nSPS) is 16.6. The first-order valence-electron chi connectivity index (χ1n) is 9.24. The van der Waals surface area contributed by atoms with Gasteiger partial charge in [0.2, 0.25) is 0 Å². The molecule has 0 radical (unpaired) electrons. The van der Waals surface area contributed by atoms with E-state index in [0.29, 0.717) is 6.54 Å². The molecule has 2 heterocycles. The highest BCUT2D eigenvalue weighted by Crippen LogP contribution is 2.22. The number of aliphatic imine (C=N–C) groups is 1. The van der Waals surface area contributed by atoms with Crippen molar-refractivity contribution in [2.24, 2.45) is 4.99 Å². The Balaban J connectivity index is 0.00000243. The van der Waals surface area contributed by atoms with Crippen molar-refractivity contribution in [1.82, 2.24) is 25.4 Å². The first-order valence-corrected chi connectivity index (χ1v) is 9.24. The first kappa shape index (κ1) is 20.7. The van der Waals surface area contributed by atoms with Crippen molar-refractivity contribution in [2.75, 3.05) is 6.54 Å². The minimum Gasteiger partial charge on any atom is -0.357 e. The standard InChI is InChI=1S/C19H28N6.HI/c1-4-15-9-6-7-10-16(15)13-21-19(20-5-2)23-17-11-8-12-25-18(17)22-14(3)24-25;/h6-7,9-10,17H,4-5,8,11-13H2,1-3H3,(H2,20,21,23);1H. The zero-order chi connectivity index (χ0) is 17.6. The second kappa shape index (κ2) is 9.89. The van der Waals surface area contributed by atoms with Gasteiger partial charge in [-0.1, -0.05) is 31.2 Å². The molecule has 3 rings (SSSR count). The Kier molecular flexibility index (Phi) is 7.86. The summed E-state index contributed by atoms with van der Waals surface area (Å²) >= 11 is 0. The van der Waals surface area contributed by atoms with Gasteiger partial charge >= 0.3 is 0 Å². The van der Waals surface area contributed by atoms with E-state index in [1.165, 1.54) is 11.1 Å². The Labute approximate surface area is 172 Å². The van der Waals surface area contributed by atoms with Crippen LogP contribution in [0.15, 0.2) is 29.3 Å². The number of hydrogen-bond donors (Lipinski definition) is 2. The number of halogens is 1. The second-order valence-electron chi connectivity index (χ2n) is 6.40. The summed E-state index contributed by atoms with van der Waals surface area (Å²) in [6.07, 6.45) is 3.18. The van der Waals surface area contributed by atoms with Gasteiger partial charge in [0.15, 0.2) is 5.96 Å². The summed E-state index contributed by atoms with van der Waals surface area (Å²) in [7, 11) is 0. The van der Waals surface area contributed by atoms with Gasteiger partial charge in [-0.05, 0) is 44.2 Å². The third-order valence-electron chi connectivity index (χ3n) is 4.54. The van der Waals surface area contributed by atoms with E-state index < -0.39 is 0 Å². The lowest BCUT2D eigenvalue weighted by molar-refractivity contribution is 0.397. The topological polar surface area (TPSA) is 67.1 Å². The number of rotatable bonds is 5. The molecule has 6 nitrogen and oxygen atoms in total. The van der Waals surface area contributed by atoms with Crippen molar-refractivity contribution in [3.8, 4) is 0 Å². The molecule has 1 aliphatic rings. The molecule has 1 atom stereocenters. The molecule has 142 valence electrons. The van der Waals surface area contributed by atoms with Gasteiger partial charge in [0, 0.05) is 13.1 Å². The molecule has 0 saturated heterocycles. The van der Waals surface area contributed by atoms with E-state index in [9.17, 15) is 0 Å². The van der Waals surface area contributed by atoms with Gasteiger partial charge < -0.3 is 10.6 Å². The summed E-state index contributed by atoms with van der Waals surface area (Å²) in [5.74, 6) is 2.69. The smallest absolute Gasteiger partial charge is 0.192 e. The molecular formula is C19H29IN6. The van der Waals surface area contributed by atoms with Crippen LogP contribution in [-0.4, -0.2) is 27.3 Å². The van der Waals surface area contributed by atoms with E-state index in [1.54, 1.807) is 0 Å². The van der Waals surface area contributed by atoms with Crippen LogP contribution < -0.4 is 10.6 Å². The van der Waals surface area contributed by atoms with Crippen LogP contribution in [0.1, 0.15) is 55.5 Å². The van der Waals surface area contributed by atoms with E-state index in [2.05, 4.69) is 58.8 Å². The summed E-state index contributed by atoms with van der Waals surface area (Å²) in [5, 5.41) is 11.4. The molecule has 1 aromatic heterocycles. The summed E-state index contributed by atoms with van der Waals surface area (Å²) < 4.78 is 2.02. The predicted molar refractivity (Wildman–Crippen MR) is 116 cm³/mol. The molecule has 0 fully saturated rings. The fourth-order valence-corrected chi connectivity index (χ4v) is 3.31. The number of guanidine groups is 1. The molecule has 7 heteroatoms. The van der Waals surface area contributed by atoms with E-state index in [0.717, 1.165) is 50.0 Å². The Morgan fingerprint density at radius 2 is 2.04 bits per heavy atom. The SMILES string of the molecule is CCNC(=NCc1ccccc1CC)NC1CCCn2nc(C)nc21.I. The molecule has 1 aliphatic heterocycles. The molecule has 26 heavy (non-hydrogen) atoms. The number of hydrogen-bond acceptors (Lipinski definition) is 3. The summed E-state index contributed by atoms with van der Waals surface area (Å²) in [5.41, 5.74) is 2.64. The summed E-state index contributed by atoms with van der Waals surface area (Å²) in [6, 6.07) is 8.67. The molecule has 2 N–H and O–H groups in total. The Morgan fingerprint density at radius 1 is 1.27 bits per heavy atom. The van der Waals surface area contributed by atoms with Crippen molar-refractivity contribution in [3.63, 3.8) is 0 Å². The van der Waals surface area contributed by atoms with Gasteiger partial charge in [-0.25, -0.2) is 14.7 Å². The molecular weight excluding hydrogens is 439 g/mol. The predicted octanol–water partition coefficient (Wildman–Crippen LogP) is 3.36. The number of benzene rings is 1. The number of aryl methyl sites for hydroxylation is 3. The van der Waals surface area contributed by atoms with Crippen LogP contribution in [0.2, 0.25) is 0 Å². The lowest BCUT2D eigenvalue weighted by Crippen LogP contribution is -2.41. The highest BCUT2D eigenvalue weighted by Gasteiger charge is 2.24. The third-order valence-corrected chi connectivity index (χ3v) is 4.54. The molecule has 1 aromatic carbocycles. The average molecular weight is 468 g/mol. The molecule has 0 aliphatic carbocycles. The van der Waals surface area contributed by atoms with Gasteiger partial charge in [0.05, 0.1) is 12.6 Å². The van der Waals surface area contributed by atoms with Gasteiger partial charge in [0.1, 0.15) is 11.6 Å². The highest BCUT2D eigenvalue weighted by molar-refractivity contribution is 14.0. The van der Waals surface area contributed by atoms with Gasteiger partial charge in [-0.15, -0.1) is 24.0 Å². The van der Waals surface area contributed by atoms with Crippen LogP contribution in [0.3, 0.4) is 0 Å². The molecule has 2 aromatic rings. The largest absolute Gasteiger partial charge is 0.357 e. The van der Waals surface area contributed by atoms with Crippen molar-refractivity contribution in [1.29, 1.82) is 0 Å². The molecule has 0 spiro atoms. The average Bonchev–Trinajstić information content (AvgIpc) is 3.01. The van der Waals surface area contributed by atoms with Crippen LogP contribution in [0.5, 0.6) is 0 Å². The van der Waals surface area contributed by atoms with Crippen LogP contribution in [0.4, 0.5) is 0 Å². The van der Waals surface area contributed by atoms with Gasteiger partial charge in [-0.2, -0.15) is 5.10 Å². The van der Waals surface area contributed by atoms with Crippen molar-refractivity contribution in [3.05, 3.63) is 47.0 Å². The Hall–Kier alpha value is -1.64. The van der Waals surface area contributed by atoms with E-state index in [-0.39, 0.29) is 30.0 Å². The zero-order valence-corrected chi connectivity index (χ0v) is 18.2. The minimum atomic E-state index is 0. The number of nitrogens with zero attached hydrogens (tertiary/aromatic N) is 4. The fraction of sp³-hybridized carbons (Fsp3) is 0.526. The molecule has 1 unspecified atom stereocenters. The highest BCUT2D eigenvalue weighted by atomic mass is 127. The lowest BCUT2D eigenvalue weighted by Gasteiger charge is -2.25. The van der Waals surface area contributed by atoms with Crippen molar-refractivity contribution < 1.29 is 0 Å². The van der Waals surface area contributed by atoms with E-state index >= 15 is 0 Å². The number of aromatic nitrogens is 3. The molecule has 0 amide bonds. The maximum absolute atomic E-state index is 4.80. The van der Waals surface area contributed by atoms with Crippen molar-refractivity contribution in [2.45, 2.75) is 59.2 Å². The number of fused-ring (bicyclic) bond motifs is 1. The maximum atomic E-state index is 4.80. The van der Waals surface area contributed by atoms with E-state index in [1.807, 2.05) is 11.6 Å². The minimum absolute atomic E-state index is 0. The lowest BCUT2D eigenvalue weighted by atomic mass is 10.1. The summed E-state index contributed by atoms with van der Waals surface area (Å²) in [4.78, 5) is 9.40. The molecule has 0 bridgehead atoms. The van der Waals surface area contributed by atoms with Crippen molar-refractivity contribution >= 4 is 29.9 Å². The monoisotopic (exact) mass is 468 g/mol. The van der Waals surface area contributed by atoms with Crippen LogP contribution in [0, 0.1) is 6.92 Å². The van der Waals surface area contributed by atoms with E-state index in [4.69, 9.17) is 4.99 Å². The second-order valence-corrected chi connectivity index (χ2v) is 6.40. The third kappa shape index (κ3) is 4.96. The zero-order valence-electron chi connectivity index (χ0n) is 15.8. The quantitative estimate of drug-likeness (QED) is 0.401. The van der Waals surface area contributed by atoms with Gasteiger partial charge in [-0.3, -0.25) is 0 Å². The van der Waals surface area contributed by atoms with Gasteiger partial charge in [0.25, 0.3) is 0 Å². The Morgan fingerprint density at radius 3 is 2.77 bits per heavy atom. The summed E-state index contributed by atoms with van der Waals surface area (Å²) in [6.45, 7) is 8.68. The van der Waals surface area contributed by atoms with Crippen LogP contribution >= 0.6 is 24.0 Å². The molecule has 0 saturated carbocycles. The Bertz CT molecular complexity index is 739.